The molecule has 1 fully saturated rings. The van der Waals surface area contributed by atoms with Gasteiger partial charge in [0.2, 0.25) is 0 Å². The van der Waals surface area contributed by atoms with E-state index in [4.69, 9.17) is 10.5 Å². The summed E-state index contributed by atoms with van der Waals surface area (Å²) in [6, 6.07) is 4.40. The first-order chi connectivity index (χ1) is 8.29. The SMILES string of the molecule is CN1CCCCC1COc1ccc(CN)nc1. The molecule has 1 aromatic heterocycles. The summed E-state index contributed by atoms with van der Waals surface area (Å²) in [7, 11) is 2.17. The summed E-state index contributed by atoms with van der Waals surface area (Å²) in [5.41, 5.74) is 6.39. The summed E-state index contributed by atoms with van der Waals surface area (Å²) in [6.07, 6.45) is 5.60. The van der Waals surface area contributed by atoms with E-state index in [1.807, 2.05) is 12.1 Å². The van der Waals surface area contributed by atoms with Crippen molar-refractivity contribution >= 4 is 0 Å². The highest BCUT2D eigenvalue weighted by atomic mass is 16.5. The minimum Gasteiger partial charge on any atom is -0.490 e. The fourth-order valence-corrected chi connectivity index (χ4v) is 2.16. The Bertz CT molecular complexity index is 339. The molecule has 4 heteroatoms. The van der Waals surface area contributed by atoms with Crippen molar-refractivity contribution in [2.75, 3.05) is 20.2 Å². The second-order valence-corrected chi connectivity index (χ2v) is 4.63. The highest BCUT2D eigenvalue weighted by Gasteiger charge is 2.19. The van der Waals surface area contributed by atoms with E-state index < -0.39 is 0 Å². The van der Waals surface area contributed by atoms with E-state index in [9.17, 15) is 0 Å². The minimum atomic E-state index is 0.478. The fourth-order valence-electron chi connectivity index (χ4n) is 2.16. The standard InChI is InChI=1S/C13H21N3O/c1-16-7-3-2-4-12(16)10-17-13-6-5-11(8-14)15-9-13/h5-6,9,12H,2-4,7-8,10,14H2,1H3. The molecule has 0 saturated carbocycles. The maximum atomic E-state index is 5.77. The van der Waals surface area contributed by atoms with Gasteiger partial charge in [0.15, 0.2) is 0 Å². The molecule has 2 heterocycles. The number of pyridine rings is 1. The van der Waals surface area contributed by atoms with Gasteiger partial charge >= 0.3 is 0 Å². The van der Waals surface area contributed by atoms with E-state index in [1.165, 1.54) is 25.8 Å². The lowest BCUT2D eigenvalue weighted by molar-refractivity contribution is 0.125. The molecule has 0 amide bonds. The van der Waals surface area contributed by atoms with Crippen LogP contribution in [-0.4, -0.2) is 36.1 Å². The first-order valence-electron chi connectivity index (χ1n) is 6.27. The molecule has 2 rings (SSSR count). The molecule has 0 radical (unpaired) electrons. The molecule has 17 heavy (non-hydrogen) atoms. The van der Waals surface area contributed by atoms with E-state index in [-0.39, 0.29) is 0 Å². The number of hydrogen-bond acceptors (Lipinski definition) is 4. The van der Waals surface area contributed by atoms with Crippen molar-refractivity contribution in [2.45, 2.75) is 31.8 Å². The lowest BCUT2D eigenvalue weighted by atomic mass is 10.0. The summed E-state index contributed by atoms with van der Waals surface area (Å²) >= 11 is 0. The average Bonchev–Trinajstić information content (AvgIpc) is 2.38. The molecule has 0 spiro atoms. The Morgan fingerprint density at radius 3 is 3.00 bits per heavy atom. The number of hydrogen-bond donors (Lipinski definition) is 1. The summed E-state index contributed by atoms with van der Waals surface area (Å²) in [4.78, 5) is 6.60. The molecule has 0 bridgehead atoms. The molecular weight excluding hydrogens is 214 g/mol. The van der Waals surface area contributed by atoms with Crippen LogP contribution in [0.1, 0.15) is 25.0 Å². The number of likely N-dealkylation sites (tertiary alicyclic amines) is 1. The highest BCUT2D eigenvalue weighted by Crippen LogP contribution is 2.17. The third-order valence-corrected chi connectivity index (χ3v) is 3.37. The minimum absolute atomic E-state index is 0.478. The Morgan fingerprint density at radius 1 is 1.47 bits per heavy atom. The number of nitrogens with two attached hydrogens (primary N) is 1. The van der Waals surface area contributed by atoms with Crippen molar-refractivity contribution in [3.8, 4) is 5.75 Å². The number of likely N-dealkylation sites (N-methyl/N-ethyl adjacent to an activating group) is 1. The molecule has 1 unspecified atom stereocenters. The second-order valence-electron chi connectivity index (χ2n) is 4.63. The Morgan fingerprint density at radius 2 is 2.35 bits per heavy atom. The average molecular weight is 235 g/mol. The van der Waals surface area contributed by atoms with Crippen molar-refractivity contribution in [2.24, 2.45) is 5.73 Å². The number of piperidine rings is 1. The maximum Gasteiger partial charge on any atom is 0.137 e. The van der Waals surface area contributed by atoms with E-state index in [1.54, 1.807) is 6.20 Å². The van der Waals surface area contributed by atoms with Crippen molar-refractivity contribution < 1.29 is 4.74 Å². The smallest absolute Gasteiger partial charge is 0.137 e. The van der Waals surface area contributed by atoms with Crippen molar-refractivity contribution in [3.05, 3.63) is 24.0 Å². The third-order valence-electron chi connectivity index (χ3n) is 3.37. The molecule has 4 nitrogen and oxygen atoms in total. The molecule has 1 saturated heterocycles. The van der Waals surface area contributed by atoms with Crippen molar-refractivity contribution in [1.29, 1.82) is 0 Å². The largest absolute Gasteiger partial charge is 0.490 e. The second kappa shape index (κ2) is 5.98. The van der Waals surface area contributed by atoms with Crippen LogP contribution in [0.2, 0.25) is 0 Å². The monoisotopic (exact) mass is 235 g/mol. The Kier molecular flexibility index (Phi) is 4.34. The van der Waals surface area contributed by atoms with Gasteiger partial charge < -0.3 is 15.4 Å². The van der Waals surface area contributed by atoms with Gasteiger partial charge in [-0.2, -0.15) is 0 Å². The van der Waals surface area contributed by atoms with Crippen LogP contribution in [0.3, 0.4) is 0 Å². The van der Waals surface area contributed by atoms with Gasteiger partial charge in [-0.3, -0.25) is 4.98 Å². The summed E-state index contributed by atoms with van der Waals surface area (Å²) < 4.78 is 5.77. The van der Waals surface area contributed by atoms with Gasteiger partial charge in [0.25, 0.3) is 0 Å². The predicted octanol–water partition coefficient (Wildman–Crippen LogP) is 1.40. The van der Waals surface area contributed by atoms with E-state index in [2.05, 4.69) is 16.9 Å². The van der Waals surface area contributed by atoms with Crippen LogP contribution < -0.4 is 10.5 Å². The number of aromatic nitrogens is 1. The van der Waals surface area contributed by atoms with Crippen LogP contribution >= 0.6 is 0 Å². The predicted molar refractivity (Wildman–Crippen MR) is 67.9 cm³/mol. The van der Waals surface area contributed by atoms with E-state index >= 15 is 0 Å². The van der Waals surface area contributed by atoms with Gasteiger partial charge in [0.1, 0.15) is 12.4 Å². The van der Waals surface area contributed by atoms with Crippen LogP contribution in [0.4, 0.5) is 0 Å². The molecule has 1 aliphatic rings. The Labute approximate surface area is 103 Å². The molecule has 2 N–H and O–H groups in total. The van der Waals surface area contributed by atoms with Crippen molar-refractivity contribution in [1.82, 2.24) is 9.88 Å². The summed E-state index contributed by atoms with van der Waals surface area (Å²) in [5.74, 6) is 0.834. The number of rotatable bonds is 4. The molecule has 0 aromatic carbocycles. The maximum absolute atomic E-state index is 5.77. The molecule has 1 aromatic rings. The Hall–Kier alpha value is -1.13. The van der Waals surface area contributed by atoms with Gasteiger partial charge in [-0.05, 0) is 38.6 Å². The van der Waals surface area contributed by atoms with Gasteiger partial charge in [-0.15, -0.1) is 0 Å². The zero-order valence-corrected chi connectivity index (χ0v) is 10.4. The molecular formula is C13H21N3O. The third kappa shape index (κ3) is 3.41. The van der Waals surface area contributed by atoms with Crippen LogP contribution in [0.15, 0.2) is 18.3 Å². The fraction of sp³-hybridized carbons (Fsp3) is 0.615. The molecule has 94 valence electrons. The van der Waals surface area contributed by atoms with E-state index in [0.29, 0.717) is 12.6 Å². The Balaban J connectivity index is 1.84. The zero-order valence-electron chi connectivity index (χ0n) is 10.4. The lowest BCUT2D eigenvalue weighted by Crippen LogP contribution is -2.40. The number of ether oxygens (including phenoxy) is 1. The van der Waals surface area contributed by atoms with Crippen LogP contribution in [0.5, 0.6) is 5.75 Å². The van der Waals surface area contributed by atoms with Gasteiger partial charge in [-0.1, -0.05) is 6.42 Å². The quantitative estimate of drug-likeness (QED) is 0.857. The van der Waals surface area contributed by atoms with E-state index in [0.717, 1.165) is 18.1 Å². The first kappa shape index (κ1) is 12.3. The topological polar surface area (TPSA) is 51.4 Å². The zero-order chi connectivity index (χ0) is 12.1. The van der Waals surface area contributed by atoms with Crippen LogP contribution in [0.25, 0.3) is 0 Å². The van der Waals surface area contributed by atoms with Gasteiger partial charge in [-0.25, -0.2) is 0 Å². The first-order valence-corrected chi connectivity index (χ1v) is 6.27. The van der Waals surface area contributed by atoms with Crippen LogP contribution in [0, 0.1) is 0 Å². The normalized spacial score (nSPS) is 21.4. The number of nitrogens with zero attached hydrogens (tertiary/aromatic N) is 2. The molecule has 1 atom stereocenters. The summed E-state index contributed by atoms with van der Waals surface area (Å²) in [6.45, 7) is 2.41. The highest BCUT2D eigenvalue weighted by molar-refractivity contribution is 5.19. The van der Waals surface area contributed by atoms with Crippen molar-refractivity contribution in [3.63, 3.8) is 0 Å². The van der Waals surface area contributed by atoms with Gasteiger partial charge in [0.05, 0.1) is 11.9 Å². The molecule has 1 aliphatic heterocycles. The van der Waals surface area contributed by atoms with Crippen LogP contribution in [-0.2, 0) is 6.54 Å². The summed E-state index contributed by atoms with van der Waals surface area (Å²) in [5, 5.41) is 0. The molecule has 0 aliphatic carbocycles. The van der Waals surface area contributed by atoms with Gasteiger partial charge in [0, 0.05) is 12.6 Å². The lowest BCUT2D eigenvalue weighted by Gasteiger charge is -2.32.